The predicted octanol–water partition coefficient (Wildman–Crippen LogP) is 1.09. The molecule has 0 aromatic carbocycles. The first-order valence-electron chi connectivity index (χ1n) is 8.80. The standard InChI is InChI=1S/C17H26N4O3/c1-2-24-16(22)14-4-3-7-20(12-14)13-15-5-6-18-17(19-15)21-8-10-23-11-9-21/h5-6,14H,2-4,7-13H2,1H3/t14-/m1/s1. The molecule has 0 amide bonds. The van der Waals surface area contributed by atoms with Crippen LogP contribution in [0.5, 0.6) is 0 Å². The molecular formula is C17H26N4O3. The largest absolute Gasteiger partial charge is 0.466 e. The number of hydrogen-bond donors (Lipinski definition) is 0. The average molecular weight is 334 g/mol. The second kappa shape index (κ2) is 8.39. The number of anilines is 1. The molecule has 2 aliphatic heterocycles. The third kappa shape index (κ3) is 4.42. The molecule has 0 radical (unpaired) electrons. The molecular weight excluding hydrogens is 308 g/mol. The van der Waals surface area contributed by atoms with Gasteiger partial charge in [-0.15, -0.1) is 0 Å². The molecule has 2 aliphatic rings. The van der Waals surface area contributed by atoms with Crippen molar-refractivity contribution in [1.82, 2.24) is 14.9 Å². The van der Waals surface area contributed by atoms with Gasteiger partial charge in [0.25, 0.3) is 0 Å². The molecule has 2 saturated heterocycles. The van der Waals surface area contributed by atoms with E-state index < -0.39 is 0 Å². The Morgan fingerprint density at radius 1 is 1.38 bits per heavy atom. The van der Waals surface area contributed by atoms with Crippen molar-refractivity contribution in [2.75, 3.05) is 50.9 Å². The molecule has 0 spiro atoms. The van der Waals surface area contributed by atoms with Crippen LogP contribution in [-0.4, -0.2) is 66.8 Å². The van der Waals surface area contributed by atoms with Crippen LogP contribution >= 0.6 is 0 Å². The number of esters is 1. The molecule has 1 atom stereocenters. The minimum atomic E-state index is -0.0705. The Balaban J connectivity index is 1.59. The lowest BCUT2D eigenvalue weighted by Gasteiger charge is -2.31. The van der Waals surface area contributed by atoms with E-state index in [2.05, 4.69) is 14.8 Å². The van der Waals surface area contributed by atoms with Gasteiger partial charge in [-0.1, -0.05) is 0 Å². The van der Waals surface area contributed by atoms with Crippen molar-refractivity contribution in [3.63, 3.8) is 0 Å². The lowest BCUT2D eigenvalue weighted by atomic mass is 9.98. The fraction of sp³-hybridized carbons (Fsp3) is 0.706. The Hall–Kier alpha value is -1.73. The van der Waals surface area contributed by atoms with E-state index in [0.29, 0.717) is 6.61 Å². The lowest BCUT2D eigenvalue weighted by Crippen LogP contribution is -2.39. The van der Waals surface area contributed by atoms with E-state index in [0.717, 1.165) is 70.4 Å². The van der Waals surface area contributed by atoms with E-state index in [1.54, 1.807) is 0 Å². The number of carbonyl (C=O) groups is 1. The Morgan fingerprint density at radius 2 is 2.21 bits per heavy atom. The van der Waals surface area contributed by atoms with Gasteiger partial charge in [-0.05, 0) is 32.4 Å². The van der Waals surface area contributed by atoms with Gasteiger partial charge in [-0.2, -0.15) is 0 Å². The van der Waals surface area contributed by atoms with Gasteiger partial charge >= 0.3 is 5.97 Å². The maximum absolute atomic E-state index is 12.0. The molecule has 7 heteroatoms. The maximum atomic E-state index is 12.0. The maximum Gasteiger partial charge on any atom is 0.310 e. The minimum absolute atomic E-state index is 0.0146. The third-order valence-corrected chi connectivity index (χ3v) is 4.51. The topological polar surface area (TPSA) is 67.8 Å². The van der Waals surface area contributed by atoms with E-state index in [1.165, 1.54) is 0 Å². The number of aromatic nitrogens is 2. The fourth-order valence-corrected chi connectivity index (χ4v) is 3.27. The monoisotopic (exact) mass is 334 g/mol. The van der Waals surface area contributed by atoms with Crippen LogP contribution in [0.15, 0.2) is 12.3 Å². The zero-order valence-corrected chi connectivity index (χ0v) is 14.3. The molecule has 3 rings (SSSR count). The smallest absolute Gasteiger partial charge is 0.310 e. The van der Waals surface area contributed by atoms with Crippen molar-refractivity contribution < 1.29 is 14.3 Å². The predicted molar refractivity (Wildman–Crippen MR) is 89.7 cm³/mol. The molecule has 0 saturated carbocycles. The van der Waals surface area contributed by atoms with Crippen LogP contribution in [0.1, 0.15) is 25.5 Å². The summed E-state index contributed by atoms with van der Waals surface area (Å²) in [5, 5.41) is 0. The normalized spacial score (nSPS) is 22.4. The summed E-state index contributed by atoms with van der Waals surface area (Å²) in [5.41, 5.74) is 0.996. The first-order chi connectivity index (χ1) is 11.8. The highest BCUT2D eigenvalue weighted by Crippen LogP contribution is 2.20. The first kappa shape index (κ1) is 17.1. The number of nitrogens with zero attached hydrogens (tertiary/aromatic N) is 4. The van der Waals surface area contributed by atoms with Crippen molar-refractivity contribution in [2.24, 2.45) is 5.92 Å². The van der Waals surface area contributed by atoms with Crippen LogP contribution in [0.2, 0.25) is 0 Å². The number of rotatable bonds is 5. The average Bonchev–Trinajstić information content (AvgIpc) is 2.63. The van der Waals surface area contributed by atoms with Crippen LogP contribution in [0.3, 0.4) is 0 Å². The highest BCUT2D eigenvalue weighted by atomic mass is 16.5. The number of piperidine rings is 1. The summed E-state index contributed by atoms with van der Waals surface area (Å²) in [6, 6.07) is 1.96. The molecule has 2 fully saturated rings. The number of hydrogen-bond acceptors (Lipinski definition) is 7. The van der Waals surface area contributed by atoms with Crippen molar-refractivity contribution >= 4 is 11.9 Å². The quantitative estimate of drug-likeness (QED) is 0.747. The molecule has 0 unspecified atom stereocenters. The van der Waals surface area contributed by atoms with E-state index in [-0.39, 0.29) is 11.9 Å². The van der Waals surface area contributed by atoms with Crippen LogP contribution in [0.25, 0.3) is 0 Å². The number of morpholine rings is 1. The van der Waals surface area contributed by atoms with Crippen molar-refractivity contribution in [1.29, 1.82) is 0 Å². The highest BCUT2D eigenvalue weighted by Gasteiger charge is 2.27. The Labute approximate surface area is 143 Å². The van der Waals surface area contributed by atoms with Gasteiger partial charge in [0.15, 0.2) is 0 Å². The Morgan fingerprint density at radius 3 is 3.00 bits per heavy atom. The van der Waals surface area contributed by atoms with Crippen LogP contribution in [0.4, 0.5) is 5.95 Å². The number of ether oxygens (including phenoxy) is 2. The Kier molecular flexibility index (Phi) is 5.98. The SMILES string of the molecule is CCOC(=O)[C@@H]1CCCN(Cc2ccnc(N3CCOCC3)n2)C1. The number of carbonyl (C=O) groups excluding carboxylic acids is 1. The molecule has 132 valence electrons. The molecule has 0 bridgehead atoms. The molecule has 1 aromatic heterocycles. The lowest BCUT2D eigenvalue weighted by molar-refractivity contribution is -0.150. The summed E-state index contributed by atoms with van der Waals surface area (Å²) in [6.07, 6.45) is 3.75. The molecule has 24 heavy (non-hydrogen) atoms. The molecule has 7 nitrogen and oxygen atoms in total. The zero-order chi connectivity index (χ0) is 16.8. The summed E-state index contributed by atoms with van der Waals surface area (Å²) in [6.45, 7) is 7.90. The van der Waals surface area contributed by atoms with E-state index >= 15 is 0 Å². The fourth-order valence-electron chi connectivity index (χ4n) is 3.27. The molecule has 1 aromatic rings. The molecule has 3 heterocycles. The highest BCUT2D eigenvalue weighted by molar-refractivity contribution is 5.72. The van der Waals surface area contributed by atoms with Gasteiger partial charge in [0.05, 0.1) is 31.4 Å². The van der Waals surface area contributed by atoms with Crippen molar-refractivity contribution in [3.8, 4) is 0 Å². The van der Waals surface area contributed by atoms with Crippen molar-refractivity contribution in [2.45, 2.75) is 26.3 Å². The first-order valence-corrected chi connectivity index (χ1v) is 8.80. The van der Waals surface area contributed by atoms with Gasteiger partial charge in [-0.25, -0.2) is 9.97 Å². The van der Waals surface area contributed by atoms with E-state index in [4.69, 9.17) is 14.5 Å². The van der Waals surface area contributed by atoms with Gasteiger partial charge in [0.2, 0.25) is 5.95 Å². The van der Waals surface area contributed by atoms with Gasteiger partial charge in [0, 0.05) is 32.4 Å². The summed E-state index contributed by atoms with van der Waals surface area (Å²) < 4.78 is 10.5. The van der Waals surface area contributed by atoms with Gasteiger partial charge < -0.3 is 14.4 Å². The third-order valence-electron chi connectivity index (χ3n) is 4.51. The molecule has 0 N–H and O–H groups in total. The second-order valence-electron chi connectivity index (χ2n) is 6.27. The summed E-state index contributed by atoms with van der Waals surface area (Å²) in [4.78, 5) is 25.5. The van der Waals surface area contributed by atoms with E-state index in [9.17, 15) is 4.79 Å². The van der Waals surface area contributed by atoms with Gasteiger partial charge in [-0.3, -0.25) is 9.69 Å². The summed E-state index contributed by atoms with van der Waals surface area (Å²) in [5.74, 6) is 0.688. The zero-order valence-electron chi connectivity index (χ0n) is 14.3. The van der Waals surface area contributed by atoms with Crippen LogP contribution in [0, 0.1) is 5.92 Å². The summed E-state index contributed by atoms with van der Waals surface area (Å²) in [7, 11) is 0. The summed E-state index contributed by atoms with van der Waals surface area (Å²) >= 11 is 0. The number of likely N-dealkylation sites (tertiary alicyclic amines) is 1. The van der Waals surface area contributed by atoms with Crippen LogP contribution in [-0.2, 0) is 20.8 Å². The second-order valence-corrected chi connectivity index (χ2v) is 6.27. The van der Waals surface area contributed by atoms with E-state index in [1.807, 2.05) is 19.2 Å². The minimum Gasteiger partial charge on any atom is -0.466 e. The molecule has 0 aliphatic carbocycles. The van der Waals surface area contributed by atoms with Crippen molar-refractivity contribution in [3.05, 3.63) is 18.0 Å². The Bertz CT molecular complexity index is 548. The van der Waals surface area contributed by atoms with Gasteiger partial charge in [0.1, 0.15) is 0 Å². The van der Waals surface area contributed by atoms with Crippen LogP contribution < -0.4 is 4.90 Å².